The quantitative estimate of drug-likeness (QED) is 0.284. The molecule has 162 valence electrons. The molecule has 0 aliphatic heterocycles. The van der Waals surface area contributed by atoms with E-state index < -0.39 is 0 Å². The third kappa shape index (κ3) is 6.83. The number of benzene rings is 3. The number of halogens is 2. The summed E-state index contributed by atoms with van der Waals surface area (Å²) in [6, 6.07) is 17.9. The number of hydrogen-bond donors (Lipinski definition) is 0. The van der Waals surface area contributed by atoms with Gasteiger partial charge in [-0.1, -0.05) is 68.9 Å². The Morgan fingerprint density at radius 2 is 1.28 bits per heavy atom. The molecular formula is C30H28F2. The average molecular weight is 427 g/mol. The summed E-state index contributed by atoms with van der Waals surface area (Å²) in [5, 5.41) is 0. The fourth-order valence-corrected chi connectivity index (χ4v) is 3.40. The molecular weight excluding hydrogens is 398 g/mol. The van der Waals surface area contributed by atoms with Crippen LogP contribution in [0.2, 0.25) is 0 Å². The van der Waals surface area contributed by atoms with Gasteiger partial charge in [0.1, 0.15) is 11.6 Å². The van der Waals surface area contributed by atoms with Gasteiger partial charge in [0.25, 0.3) is 0 Å². The van der Waals surface area contributed by atoms with Crippen LogP contribution >= 0.6 is 0 Å². The van der Waals surface area contributed by atoms with Crippen molar-refractivity contribution >= 4 is 0 Å². The first kappa shape index (κ1) is 23.3. The van der Waals surface area contributed by atoms with Crippen molar-refractivity contribution in [2.24, 2.45) is 0 Å². The minimum absolute atomic E-state index is 0.221. The Balaban J connectivity index is 1.64. The van der Waals surface area contributed by atoms with Crippen molar-refractivity contribution in [2.75, 3.05) is 0 Å². The Hall–Kier alpha value is -3.36. The highest BCUT2D eigenvalue weighted by molar-refractivity contribution is 5.48. The van der Waals surface area contributed by atoms with Crippen molar-refractivity contribution in [3.8, 4) is 23.7 Å². The Kier molecular flexibility index (Phi) is 8.65. The molecule has 3 aromatic carbocycles. The third-order valence-corrected chi connectivity index (χ3v) is 5.36. The van der Waals surface area contributed by atoms with Crippen LogP contribution in [0.3, 0.4) is 0 Å². The van der Waals surface area contributed by atoms with E-state index in [9.17, 15) is 8.78 Å². The molecule has 0 radical (unpaired) electrons. The number of unbranched alkanes of at least 4 members (excludes halogenated alkanes) is 3. The van der Waals surface area contributed by atoms with Gasteiger partial charge in [0.05, 0.1) is 5.56 Å². The number of rotatable bonds is 6. The predicted molar refractivity (Wildman–Crippen MR) is 128 cm³/mol. The molecule has 0 unspecified atom stereocenters. The molecule has 32 heavy (non-hydrogen) atoms. The summed E-state index contributed by atoms with van der Waals surface area (Å²) in [5.41, 5.74) is 4.37. The summed E-state index contributed by atoms with van der Waals surface area (Å²) in [6.45, 7) is 4.11. The zero-order chi connectivity index (χ0) is 22.8. The maximum absolute atomic E-state index is 14.4. The molecule has 0 aliphatic rings. The fraction of sp³-hybridized carbons (Fsp3) is 0.267. The summed E-state index contributed by atoms with van der Waals surface area (Å²) in [5.74, 6) is 11.5. The number of hydrogen-bond acceptors (Lipinski definition) is 0. The minimum atomic E-state index is -0.269. The molecule has 3 rings (SSSR count). The van der Waals surface area contributed by atoms with Gasteiger partial charge in [-0.25, -0.2) is 8.78 Å². The van der Waals surface area contributed by atoms with Crippen molar-refractivity contribution in [3.63, 3.8) is 0 Å². The second kappa shape index (κ2) is 11.9. The van der Waals surface area contributed by atoms with E-state index >= 15 is 0 Å². The summed E-state index contributed by atoms with van der Waals surface area (Å²) >= 11 is 0. The van der Waals surface area contributed by atoms with E-state index in [4.69, 9.17) is 0 Å². The SMILES string of the molecule is CCCCCCc1ccc(C#Cc2ccc(C#Cc3ccc(CC)c(F)c3)cc2)c(F)c1. The van der Waals surface area contributed by atoms with Gasteiger partial charge in [0.15, 0.2) is 0 Å². The lowest BCUT2D eigenvalue weighted by Crippen LogP contribution is -1.90. The number of aryl methyl sites for hydroxylation is 2. The van der Waals surface area contributed by atoms with Crippen molar-refractivity contribution in [1.82, 2.24) is 0 Å². The molecule has 0 bridgehead atoms. The van der Waals surface area contributed by atoms with Crippen LogP contribution in [0.15, 0.2) is 60.7 Å². The van der Waals surface area contributed by atoms with Gasteiger partial charge >= 0.3 is 0 Å². The normalized spacial score (nSPS) is 10.1. The summed E-state index contributed by atoms with van der Waals surface area (Å²) in [7, 11) is 0. The van der Waals surface area contributed by atoms with E-state index in [1.165, 1.54) is 25.3 Å². The molecule has 0 spiro atoms. The second-order valence-corrected chi connectivity index (χ2v) is 7.86. The Morgan fingerprint density at radius 3 is 1.91 bits per heavy atom. The van der Waals surface area contributed by atoms with Crippen molar-refractivity contribution < 1.29 is 8.78 Å². The first-order valence-corrected chi connectivity index (χ1v) is 11.3. The first-order chi connectivity index (χ1) is 15.6. The van der Waals surface area contributed by atoms with E-state index in [1.807, 2.05) is 43.3 Å². The van der Waals surface area contributed by atoms with Crippen LogP contribution in [-0.2, 0) is 12.8 Å². The van der Waals surface area contributed by atoms with Crippen molar-refractivity contribution in [3.05, 3.63) is 106 Å². The molecule has 0 fully saturated rings. The van der Waals surface area contributed by atoms with Gasteiger partial charge in [-0.2, -0.15) is 0 Å². The monoisotopic (exact) mass is 426 g/mol. The highest BCUT2D eigenvalue weighted by atomic mass is 19.1. The average Bonchev–Trinajstić information content (AvgIpc) is 2.81. The smallest absolute Gasteiger partial charge is 0.139 e. The predicted octanol–water partition coefficient (Wildman–Crippen LogP) is 7.45. The molecule has 0 aliphatic carbocycles. The molecule has 0 aromatic heterocycles. The standard InChI is InChI=1S/C30H28F2/c1-3-5-6-7-8-25-17-20-28(30(32)21-25)19-15-24-11-9-23(10-12-24)13-14-26-16-18-27(4-2)29(31)22-26/h9-12,16-18,20-22H,3-8H2,1-2H3. The molecule has 3 aromatic rings. The largest absolute Gasteiger partial charge is 0.207 e. The van der Waals surface area contributed by atoms with Crippen molar-refractivity contribution in [1.29, 1.82) is 0 Å². The zero-order valence-electron chi connectivity index (χ0n) is 18.8. The van der Waals surface area contributed by atoms with Crippen LogP contribution in [0.1, 0.15) is 72.9 Å². The highest BCUT2D eigenvalue weighted by Crippen LogP contribution is 2.14. The van der Waals surface area contributed by atoms with E-state index in [0.717, 1.165) is 29.5 Å². The summed E-state index contributed by atoms with van der Waals surface area (Å²) in [6.07, 6.45) is 6.26. The van der Waals surface area contributed by atoms with E-state index in [0.29, 0.717) is 23.1 Å². The molecule has 2 heteroatoms. The third-order valence-electron chi connectivity index (χ3n) is 5.36. The van der Waals surface area contributed by atoms with E-state index in [2.05, 4.69) is 30.6 Å². The van der Waals surface area contributed by atoms with E-state index in [-0.39, 0.29) is 11.6 Å². The molecule has 0 saturated heterocycles. The van der Waals surface area contributed by atoms with Crippen LogP contribution in [-0.4, -0.2) is 0 Å². The van der Waals surface area contributed by atoms with Gasteiger partial charge < -0.3 is 0 Å². The van der Waals surface area contributed by atoms with E-state index in [1.54, 1.807) is 18.2 Å². The molecule has 0 atom stereocenters. The highest BCUT2D eigenvalue weighted by Gasteiger charge is 2.02. The minimum Gasteiger partial charge on any atom is -0.207 e. The van der Waals surface area contributed by atoms with Gasteiger partial charge in [0, 0.05) is 16.7 Å². The van der Waals surface area contributed by atoms with Gasteiger partial charge in [-0.15, -0.1) is 0 Å². The maximum Gasteiger partial charge on any atom is 0.139 e. The van der Waals surface area contributed by atoms with Crippen molar-refractivity contribution in [2.45, 2.75) is 52.4 Å². The molecule has 0 saturated carbocycles. The van der Waals surface area contributed by atoms with Gasteiger partial charge in [-0.3, -0.25) is 0 Å². The van der Waals surface area contributed by atoms with Crippen LogP contribution in [0.25, 0.3) is 0 Å². The Labute approximate surface area is 190 Å². The molecule has 0 nitrogen and oxygen atoms in total. The van der Waals surface area contributed by atoms with Crippen LogP contribution in [0.5, 0.6) is 0 Å². The summed E-state index contributed by atoms with van der Waals surface area (Å²) in [4.78, 5) is 0. The topological polar surface area (TPSA) is 0 Å². The lowest BCUT2D eigenvalue weighted by atomic mass is 10.0. The van der Waals surface area contributed by atoms with Crippen LogP contribution in [0, 0.1) is 35.3 Å². The van der Waals surface area contributed by atoms with Gasteiger partial charge in [-0.05, 0) is 78.9 Å². The van der Waals surface area contributed by atoms with Gasteiger partial charge in [0.2, 0.25) is 0 Å². The summed E-state index contributed by atoms with van der Waals surface area (Å²) < 4.78 is 28.3. The fourth-order valence-electron chi connectivity index (χ4n) is 3.40. The maximum atomic E-state index is 14.4. The lowest BCUT2D eigenvalue weighted by molar-refractivity contribution is 0.612. The lowest BCUT2D eigenvalue weighted by Gasteiger charge is -2.02. The molecule has 0 amide bonds. The molecule has 0 heterocycles. The second-order valence-electron chi connectivity index (χ2n) is 7.86. The van der Waals surface area contributed by atoms with Crippen LogP contribution in [0.4, 0.5) is 8.78 Å². The molecule has 0 N–H and O–H groups in total. The van der Waals surface area contributed by atoms with Crippen LogP contribution < -0.4 is 0 Å². The zero-order valence-corrected chi connectivity index (χ0v) is 18.8. The Morgan fingerprint density at radius 1 is 0.625 bits per heavy atom. The Bertz CT molecular complexity index is 1170. The first-order valence-electron chi connectivity index (χ1n) is 11.3.